The molecule has 1 fully saturated rings. The Hall–Kier alpha value is -3.52. The third-order valence-corrected chi connectivity index (χ3v) is 7.91. The third kappa shape index (κ3) is 4.65. The molecule has 3 aromatic rings. The minimum Gasteiger partial charge on any atom is -0.497 e. The van der Waals surface area contributed by atoms with E-state index < -0.39 is 0 Å². The molecule has 1 aliphatic heterocycles. The summed E-state index contributed by atoms with van der Waals surface area (Å²) in [7, 11) is 4.75. The highest BCUT2D eigenvalue weighted by molar-refractivity contribution is 7.10. The third-order valence-electron chi connectivity index (χ3n) is 6.91. The topological polar surface area (TPSA) is 68.3 Å². The van der Waals surface area contributed by atoms with Crippen molar-refractivity contribution < 1.29 is 23.8 Å². The molecule has 1 saturated carbocycles. The monoisotopic (exact) mass is 506 g/mol. The molecule has 2 aromatic carbocycles. The Morgan fingerprint density at radius 2 is 1.69 bits per heavy atom. The lowest BCUT2D eigenvalue weighted by Gasteiger charge is -2.37. The molecule has 1 aliphatic carbocycles. The molecule has 2 amide bonds. The molecule has 188 valence electrons. The molecule has 2 aliphatic rings. The van der Waals surface area contributed by atoms with E-state index in [9.17, 15) is 9.59 Å². The number of carbonyl (C=O) groups is 2. The Balaban J connectivity index is 1.42. The van der Waals surface area contributed by atoms with E-state index >= 15 is 0 Å². The summed E-state index contributed by atoms with van der Waals surface area (Å²) in [6.07, 6.45) is 2.61. The van der Waals surface area contributed by atoms with Crippen molar-refractivity contribution in [2.24, 2.45) is 0 Å². The maximum absolute atomic E-state index is 13.8. The summed E-state index contributed by atoms with van der Waals surface area (Å²) >= 11 is 1.73. The zero-order chi connectivity index (χ0) is 25.2. The van der Waals surface area contributed by atoms with Gasteiger partial charge in [0.2, 0.25) is 5.91 Å². The Bertz CT molecular complexity index is 1250. The quantitative estimate of drug-likeness (QED) is 0.448. The Labute approximate surface area is 215 Å². The SMILES string of the molecule is COc1ccc(C2c3ccsc3CCN2C(=O)CN(C(=O)c2ccc(OC)cc2OC)C2CC2)cc1. The highest BCUT2D eigenvalue weighted by Crippen LogP contribution is 2.39. The minimum atomic E-state index is -0.195. The normalized spacial score (nSPS) is 16.8. The van der Waals surface area contributed by atoms with E-state index in [0.717, 1.165) is 36.1 Å². The maximum atomic E-state index is 13.8. The highest BCUT2D eigenvalue weighted by Gasteiger charge is 2.39. The second-order valence-corrected chi connectivity index (χ2v) is 10.0. The van der Waals surface area contributed by atoms with Crippen molar-refractivity contribution in [1.82, 2.24) is 9.80 Å². The van der Waals surface area contributed by atoms with Crippen LogP contribution in [0.1, 0.15) is 45.2 Å². The predicted molar refractivity (Wildman–Crippen MR) is 138 cm³/mol. The first kappa shape index (κ1) is 24.2. The summed E-state index contributed by atoms with van der Waals surface area (Å²) in [5.74, 6) is 1.58. The molecule has 1 aromatic heterocycles. The van der Waals surface area contributed by atoms with E-state index in [0.29, 0.717) is 23.6 Å². The molecular weight excluding hydrogens is 476 g/mol. The number of amides is 2. The van der Waals surface area contributed by atoms with Gasteiger partial charge in [0.15, 0.2) is 0 Å². The van der Waals surface area contributed by atoms with E-state index in [1.807, 2.05) is 29.2 Å². The van der Waals surface area contributed by atoms with Crippen LogP contribution in [0.4, 0.5) is 0 Å². The van der Waals surface area contributed by atoms with Crippen molar-refractivity contribution in [2.75, 3.05) is 34.4 Å². The van der Waals surface area contributed by atoms with E-state index in [1.54, 1.807) is 48.7 Å². The van der Waals surface area contributed by atoms with Crippen molar-refractivity contribution in [3.05, 3.63) is 75.5 Å². The number of nitrogens with zero attached hydrogens (tertiary/aromatic N) is 2. The molecule has 0 radical (unpaired) electrons. The number of benzene rings is 2. The summed E-state index contributed by atoms with van der Waals surface area (Å²) in [5, 5.41) is 2.09. The molecule has 0 N–H and O–H groups in total. The van der Waals surface area contributed by atoms with Crippen LogP contribution in [0.2, 0.25) is 0 Å². The van der Waals surface area contributed by atoms with Gasteiger partial charge in [0.1, 0.15) is 23.8 Å². The van der Waals surface area contributed by atoms with Gasteiger partial charge in [-0.05, 0) is 66.1 Å². The van der Waals surface area contributed by atoms with Crippen LogP contribution >= 0.6 is 11.3 Å². The number of methoxy groups -OCH3 is 3. The van der Waals surface area contributed by atoms with E-state index in [1.165, 1.54) is 12.0 Å². The second-order valence-electron chi connectivity index (χ2n) is 9.04. The van der Waals surface area contributed by atoms with Gasteiger partial charge in [0.25, 0.3) is 5.91 Å². The number of fused-ring (bicyclic) bond motifs is 1. The van der Waals surface area contributed by atoms with Crippen LogP contribution < -0.4 is 14.2 Å². The minimum absolute atomic E-state index is 0.0325. The van der Waals surface area contributed by atoms with Crippen molar-refractivity contribution in [3.63, 3.8) is 0 Å². The molecule has 1 atom stereocenters. The molecule has 5 rings (SSSR count). The summed E-state index contributed by atoms with van der Waals surface area (Å²) in [6.45, 7) is 0.645. The predicted octanol–water partition coefficient (Wildman–Crippen LogP) is 4.55. The van der Waals surface area contributed by atoms with Crippen LogP contribution in [0.25, 0.3) is 0 Å². The van der Waals surface area contributed by atoms with Crippen molar-refractivity contribution >= 4 is 23.2 Å². The van der Waals surface area contributed by atoms with E-state index in [4.69, 9.17) is 14.2 Å². The molecule has 0 bridgehead atoms. The average molecular weight is 507 g/mol. The van der Waals surface area contributed by atoms with Gasteiger partial charge in [0.05, 0.1) is 32.9 Å². The lowest BCUT2D eigenvalue weighted by molar-refractivity contribution is -0.134. The Morgan fingerprint density at radius 3 is 2.36 bits per heavy atom. The smallest absolute Gasteiger partial charge is 0.258 e. The van der Waals surface area contributed by atoms with Gasteiger partial charge in [-0.3, -0.25) is 9.59 Å². The number of carbonyl (C=O) groups excluding carboxylic acids is 2. The number of hydrogen-bond acceptors (Lipinski definition) is 6. The van der Waals surface area contributed by atoms with Crippen LogP contribution in [0.5, 0.6) is 17.2 Å². The Kier molecular flexibility index (Phi) is 6.87. The number of ether oxygens (including phenoxy) is 3. The molecular formula is C28H30N2O5S. The van der Waals surface area contributed by atoms with Crippen LogP contribution in [0.3, 0.4) is 0 Å². The molecule has 8 heteroatoms. The molecule has 0 spiro atoms. The first-order valence-corrected chi connectivity index (χ1v) is 12.9. The summed E-state index contributed by atoms with van der Waals surface area (Å²) < 4.78 is 16.1. The van der Waals surface area contributed by atoms with Gasteiger partial charge in [-0.25, -0.2) is 0 Å². The van der Waals surface area contributed by atoms with Crippen LogP contribution in [-0.4, -0.2) is 62.1 Å². The average Bonchev–Trinajstić information content (AvgIpc) is 3.65. The summed E-state index contributed by atoms with van der Waals surface area (Å²) in [4.78, 5) is 32.4. The molecule has 36 heavy (non-hydrogen) atoms. The van der Waals surface area contributed by atoms with Crippen molar-refractivity contribution in [3.8, 4) is 17.2 Å². The largest absolute Gasteiger partial charge is 0.497 e. The number of thiophene rings is 1. The summed E-state index contributed by atoms with van der Waals surface area (Å²) in [5.41, 5.74) is 2.62. The van der Waals surface area contributed by atoms with Crippen molar-refractivity contribution in [1.29, 1.82) is 0 Å². The maximum Gasteiger partial charge on any atom is 0.258 e. The van der Waals surface area contributed by atoms with Gasteiger partial charge in [-0.1, -0.05) is 12.1 Å². The second kappa shape index (κ2) is 10.2. The first-order valence-electron chi connectivity index (χ1n) is 12.1. The van der Waals surface area contributed by atoms with Gasteiger partial charge >= 0.3 is 0 Å². The lowest BCUT2D eigenvalue weighted by atomic mass is 9.93. The molecule has 0 saturated heterocycles. The molecule has 7 nitrogen and oxygen atoms in total. The van der Waals surface area contributed by atoms with Gasteiger partial charge in [-0.15, -0.1) is 11.3 Å². The fourth-order valence-electron chi connectivity index (χ4n) is 4.85. The zero-order valence-electron chi connectivity index (χ0n) is 20.7. The van der Waals surface area contributed by atoms with Gasteiger partial charge in [-0.2, -0.15) is 0 Å². The lowest BCUT2D eigenvalue weighted by Crippen LogP contribution is -2.47. The Morgan fingerprint density at radius 1 is 0.972 bits per heavy atom. The fourth-order valence-corrected chi connectivity index (χ4v) is 5.75. The van der Waals surface area contributed by atoms with Crippen molar-refractivity contribution in [2.45, 2.75) is 31.3 Å². The fraction of sp³-hybridized carbons (Fsp3) is 0.357. The van der Waals surface area contributed by atoms with Crippen LogP contribution in [0, 0.1) is 0 Å². The molecule has 2 heterocycles. The number of hydrogen-bond donors (Lipinski definition) is 0. The highest BCUT2D eigenvalue weighted by atomic mass is 32.1. The van der Waals surface area contributed by atoms with Gasteiger partial charge < -0.3 is 24.0 Å². The van der Waals surface area contributed by atoms with E-state index in [2.05, 4.69) is 11.4 Å². The van der Waals surface area contributed by atoms with Gasteiger partial charge in [0, 0.05) is 23.5 Å². The standard InChI is InChI=1S/C28H30N2O5S/c1-33-20-8-4-18(5-9-20)27-23-13-15-36-25(23)12-14-29(27)26(31)17-30(19-6-7-19)28(32)22-11-10-21(34-2)16-24(22)35-3/h4-5,8-11,13,15-16,19,27H,6-7,12,14,17H2,1-3H3. The first-order chi connectivity index (χ1) is 17.5. The summed E-state index contributed by atoms with van der Waals surface area (Å²) in [6, 6.07) is 15.0. The zero-order valence-corrected chi connectivity index (χ0v) is 21.5. The van der Waals surface area contributed by atoms with Crippen LogP contribution in [-0.2, 0) is 11.2 Å². The molecule has 1 unspecified atom stereocenters. The number of rotatable bonds is 8. The van der Waals surface area contributed by atoms with E-state index in [-0.39, 0.29) is 30.4 Å². The van der Waals surface area contributed by atoms with Crippen LogP contribution in [0.15, 0.2) is 53.9 Å².